The van der Waals surface area contributed by atoms with Crippen molar-refractivity contribution in [2.75, 3.05) is 53.9 Å². The Hall–Kier alpha value is -1.82. The number of ether oxygens (including phenoxy) is 4. The molecule has 1 saturated heterocycles. The van der Waals surface area contributed by atoms with Gasteiger partial charge in [-0.25, -0.2) is 0 Å². The third kappa shape index (κ3) is 2.62. The molecular weight excluding hydrogens is 308 g/mol. The van der Waals surface area contributed by atoms with Gasteiger partial charge < -0.3 is 29.2 Å². The average Bonchev–Trinajstić information content (AvgIpc) is 3.19. The zero-order valence-corrected chi connectivity index (χ0v) is 15.3. The van der Waals surface area contributed by atoms with Crippen LogP contribution in [0, 0.1) is 0 Å². The smallest absolute Gasteiger partial charge is 0.209 e. The van der Waals surface area contributed by atoms with Crippen LogP contribution < -0.4 is 24.3 Å². The molecule has 136 valence electrons. The van der Waals surface area contributed by atoms with Gasteiger partial charge in [-0.3, -0.25) is 0 Å². The highest BCUT2D eigenvalue weighted by atomic mass is 16.5. The first-order valence-corrected chi connectivity index (χ1v) is 8.50. The molecule has 3 rings (SSSR count). The molecule has 0 bridgehead atoms. The van der Waals surface area contributed by atoms with Gasteiger partial charge in [0.25, 0.3) is 0 Å². The Kier molecular flexibility index (Phi) is 4.94. The molecule has 1 unspecified atom stereocenters. The van der Waals surface area contributed by atoms with Crippen LogP contribution in [0.2, 0.25) is 0 Å². The average molecular weight is 338 g/mol. The lowest BCUT2D eigenvalue weighted by molar-refractivity contribution is 0.280. The third-order valence-electron chi connectivity index (χ3n) is 5.34. The van der Waals surface area contributed by atoms with Gasteiger partial charge in [0.1, 0.15) is 0 Å². The van der Waals surface area contributed by atoms with E-state index >= 15 is 0 Å². The van der Waals surface area contributed by atoms with E-state index in [2.05, 4.69) is 17.3 Å². The van der Waals surface area contributed by atoms with E-state index in [0.717, 1.165) is 30.0 Å². The lowest BCUT2D eigenvalue weighted by atomic mass is 9.91. The van der Waals surface area contributed by atoms with Crippen molar-refractivity contribution in [1.29, 1.82) is 0 Å². The molecule has 2 aliphatic heterocycles. The Morgan fingerprint density at radius 2 is 1.62 bits per heavy atom. The number of hydrogen-bond acceptors (Lipinski definition) is 6. The molecule has 0 aliphatic carbocycles. The minimum atomic E-state index is 0. The molecule has 0 aromatic heterocycles. The summed E-state index contributed by atoms with van der Waals surface area (Å²) in [5, 5.41) is 3.50. The van der Waals surface area contributed by atoms with Gasteiger partial charge in [0, 0.05) is 25.5 Å². The highest BCUT2D eigenvalue weighted by molar-refractivity contribution is 5.80. The topological polar surface area (TPSA) is 52.2 Å². The number of benzene rings is 1. The quantitative estimate of drug-likeness (QED) is 0.861. The van der Waals surface area contributed by atoms with Crippen LogP contribution in [-0.4, -0.2) is 59.5 Å². The summed E-state index contributed by atoms with van der Waals surface area (Å²) in [5.41, 5.74) is 2.12. The fraction of sp³-hybridized carbons (Fsp3) is 0.667. The molecule has 0 saturated carbocycles. The van der Waals surface area contributed by atoms with Gasteiger partial charge in [0.2, 0.25) is 11.5 Å². The number of nitrogens with one attached hydrogen (secondary N) is 1. The van der Waals surface area contributed by atoms with E-state index in [1.807, 2.05) is 0 Å². The van der Waals surface area contributed by atoms with Crippen molar-refractivity contribution in [2.24, 2.45) is 0 Å². The van der Waals surface area contributed by atoms with E-state index in [4.69, 9.17) is 18.9 Å². The molecular formula is C18H30N2O4. The number of nitrogens with zero attached hydrogens (tertiary/aromatic N) is 1. The first kappa shape index (κ1) is 17.0. The predicted octanol–water partition coefficient (Wildman–Crippen LogP) is 2.96. The van der Waals surface area contributed by atoms with Crippen LogP contribution in [0.1, 0.15) is 32.2 Å². The van der Waals surface area contributed by atoms with E-state index in [1.54, 1.807) is 28.4 Å². The summed E-state index contributed by atoms with van der Waals surface area (Å²) in [7, 11) is 8.80. The van der Waals surface area contributed by atoms with E-state index < -0.39 is 0 Å². The molecule has 2 heterocycles. The molecule has 1 aromatic carbocycles. The fourth-order valence-electron chi connectivity index (χ4n) is 4.15. The number of methoxy groups -OCH3 is 4. The van der Waals surface area contributed by atoms with Crippen LogP contribution in [0.3, 0.4) is 0 Å². The summed E-state index contributed by atoms with van der Waals surface area (Å²) in [5.74, 6) is 2.98. The van der Waals surface area contributed by atoms with Crippen molar-refractivity contribution in [1.82, 2.24) is 4.90 Å². The predicted molar refractivity (Wildman–Crippen MR) is 96.3 cm³/mol. The summed E-state index contributed by atoms with van der Waals surface area (Å²) in [4.78, 5) is 2.46. The van der Waals surface area contributed by atoms with Gasteiger partial charge in [-0.15, -0.1) is 0 Å². The van der Waals surface area contributed by atoms with E-state index in [0.29, 0.717) is 29.2 Å². The molecule has 2 atom stereocenters. The van der Waals surface area contributed by atoms with Crippen molar-refractivity contribution in [3.8, 4) is 23.0 Å². The summed E-state index contributed by atoms with van der Waals surface area (Å²) in [6, 6.07) is 0.617. The zero-order valence-electron chi connectivity index (χ0n) is 15.3. The lowest BCUT2D eigenvalue weighted by Gasteiger charge is -2.25. The number of likely N-dealkylation sites (tertiary alicyclic amines) is 1. The van der Waals surface area contributed by atoms with Gasteiger partial charge >= 0.3 is 0 Å². The number of hydrogen-bond donors (Lipinski definition) is 1. The Balaban J connectivity index is 0.00000225. The molecule has 1 N–H and O–H groups in total. The van der Waals surface area contributed by atoms with Crippen LogP contribution in [-0.2, 0) is 0 Å². The van der Waals surface area contributed by atoms with Crippen LogP contribution in [0.25, 0.3) is 0 Å². The van der Waals surface area contributed by atoms with Crippen LogP contribution in [0.15, 0.2) is 0 Å². The van der Waals surface area contributed by atoms with E-state index in [-0.39, 0.29) is 1.43 Å². The maximum absolute atomic E-state index is 5.73. The van der Waals surface area contributed by atoms with Gasteiger partial charge in [-0.05, 0) is 32.9 Å². The van der Waals surface area contributed by atoms with Gasteiger partial charge in [0.15, 0.2) is 11.5 Å². The maximum atomic E-state index is 5.73. The van der Waals surface area contributed by atoms with Gasteiger partial charge in [-0.2, -0.15) is 0 Å². The highest BCUT2D eigenvalue weighted by Gasteiger charge is 2.37. The van der Waals surface area contributed by atoms with Crippen LogP contribution >= 0.6 is 0 Å². The number of fused-ring (bicyclic) bond motifs is 1. The minimum absolute atomic E-state index is 0. The molecule has 1 fully saturated rings. The second kappa shape index (κ2) is 6.97. The van der Waals surface area contributed by atoms with Crippen molar-refractivity contribution in [3.05, 3.63) is 5.56 Å². The molecule has 0 amide bonds. The standard InChI is InChI=1S/C18H28N2O4.H2/c1-20-8-6-7-12(20)9-11-10-19-14-13(11)15(21-2)17(23-4)18(24-5)16(14)22-3;/h11-12,19H,6-10H2,1-5H3;1H/t11?,12-;/m1./s1. The van der Waals surface area contributed by atoms with Crippen molar-refractivity contribution < 1.29 is 20.4 Å². The Bertz CT molecular complexity index is 611. The highest BCUT2D eigenvalue weighted by Crippen LogP contribution is 2.57. The number of rotatable bonds is 6. The van der Waals surface area contributed by atoms with Gasteiger partial charge in [-0.1, -0.05) is 0 Å². The van der Waals surface area contributed by atoms with Crippen molar-refractivity contribution >= 4 is 5.69 Å². The van der Waals surface area contributed by atoms with Crippen LogP contribution in [0.4, 0.5) is 5.69 Å². The minimum Gasteiger partial charge on any atom is -0.492 e. The normalized spacial score (nSPS) is 22.9. The molecule has 6 heteroatoms. The molecule has 24 heavy (non-hydrogen) atoms. The first-order valence-electron chi connectivity index (χ1n) is 8.50. The molecule has 2 aliphatic rings. The summed E-state index contributed by atoms with van der Waals surface area (Å²) < 4.78 is 22.5. The Labute approximate surface area is 145 Å². The Morgan fingerprint density at radius 1 is 1.00 bits per heavy atom. The summed E-state index contributed by atoms with van der Waals surface area (Å²) in [6.07, 6.45) is 3.64. The monoisotopic (exact) mass is 338 g/mol. The fourth-order valence-corrected chi connectivity index (χ4v) is 4.15. The first-order chi connectivity index (χ1) is 11.7. The molecule has 6 nitrogen and oxygen atoms in total. The van der Waals surface area contributed by atoms with Crippen LogP contribution in [0.5, 0.6) is 23.0 Å². The van der Waals surface area contributed by atoms with Crippen molar-refractivity contribution in [2.45, 2.75) is 31.2 Å². The van der Waals surface area contributed by atoms with E-state index in [9.17, 15) is 0 Å². The summed E-state index contributed by atoms with van der Waals surface area (Å²) >= 11 is 0. The third-order valence-corrected chi connectivity index (χ3v) is 5.34. The SMILES string of the molecule is COc1c2c(c(OC)c(OC)c1OC)C(C[C@H]1CCCN1C)CN2.[HH]. The zero-order chi connectivity index (χ0) is 17.3. The maximum Gasteiger partial charge on any atom is 0.209 e. The lowest BCUT2D eigenvalue weighted by Crippen LogP contribution is -2.27. The van der Waals surface area contributed by atoms with Crippen molar-refractivity contribution in [3.63, 3.8) is 0 Å². The Morgan fingerprint density at radius 3 is 2.17 bits per heavy atom. The largest absolute Gasteiger partial charge is 0.492 e. The summed E-state index contributed by atoms with van der Waals surface area (Å²) in [6.45, 7) is 2.06. The second-order valence-corrected chi connectivity index (χ2v) is 6.51. The molecule has 0 spiro atoms. The van der Waals surface area contributed by atoms with E-state index in [1.165, 1.54) is 19.4 Å². The number of anilines is 1. The van der Waals surface area contributed by atoms with Gasteiger partial charge in [0.05, 0.1) is 34.1 Å². The molecule has 0 radical (unpaired) electrons. The molecule has 1 aromatic rings. The second-order valence-electron chi connectivity index (χ2n) is 6.51.